The van der Waals surface area contributed by atoms with E-state index in [-0.39, 0.29) is 0 Å². The van der Waals surface area contributed by atoms with E-state index in [1.807, 2.05) is 114 Å². The zero-order valence-corrected chi connectivity index (χ0v) is 28.3. The van der Waals surface area contributed by atoms with Crippen LogP contribution < -0.4 is 0 Å². The quantitative estimate of drug-likeness (QED) is 0.174. The maximum absolute atomic E-state index is 13.7. The molecule has 2 aromatic heterocycles. The summed E-state index contributed by atoms with van der Waals surface area (Å²) in [6.07, 6.45) is -4.43. The van der Waals surface area contributed by atoms with Gasteiger partial charge in [0.2, 0.25) is 0 Å². The van der Waals surface area contributed by atoms with Gasteiger partial charge in [-0.3, -0.25) is 0 Å². The van der Waals surface area contributed by atoms with Gasteiger partial charge in [0, 0.05) is 33.2 Å². The number of alkyl halides is 3. The van der Waals surface area contributed by atoms with E-state index in [0.717, 1.165) is 73.0 Å². The Balaban J connectivity index is 1.19. The summed E-state index contributed by atoms with van der Waals surface area (Å²) in [5.74, 6) is 0.645. The minimum absolute atomic E-state index is 0.564. The zero-order chi connectivity index (χ0) is 35.9. The van der Waals surface area contributed by atoms with Gasteiger partial charge in [-0.15, -0.1) is 0 Å². The van der Waals surface area contributed by atoms with E-state index < -0.39 is 11.7 Å². The molecule has 0 amide bonds. The summed E-state index contributed by atoms with van der Waals surface area (Å²) in [7, 11) is 0. The van der Waals surface area contributed by atoms with Gasteiger partial charge in [-0.25, -0.2) is 9.97 Å². The monoisotopic (exact) mass is 693 g/mol. The molecule has 0 fully saturated rings. The lowest BCUT2D eigenvalue weighted by Crippen LogP contribution is -2.04. The molecule has 0 N–H and O–H groups in total. The molecule has 9 aromatic rings. The van der Waals surface area contributed by atoms with Crippen molar-refractivity contribution >= 4 is 21.8 Å². The summed E-state index contributed by atoms with van der Waals surface area (Å²) in [6, 6.07) is 58.7. The molecule has 0 spiro atoms. The van der Waals surface area contributed by atoms with Crippen LogP contribution in [0.2, 0.25) is 0 Å². The van der Waals surface area contributed by atoms with Crippen molar-refractivity contribution in [3.8, 4) is 61.8 Å². The van der Waals surface area contributed by atoms with Gasteiger partial charge in [-0.2, -0.15) is 13.2 Å². The van der Waals surface area contributed by atoms with Crippen molar-refractivity contribution in [3.05, 3.63) is 188 Å². The molecule has 9 rings (SSSR count). The van der Waals surface area contributed by atoms with Gasteiger partial charge in [0.1, 0.15) is 0 Å². The maximum Gasteiger partial charge on any atom is 0.416 e. The normalized spacial score (nSPS) is 11.7. The Morgan fingerprint density at radius 3 is 1.53 bits per heavy atom. The molecule has 6 heteroatoms. The lowest BCUT2D eigenvalue weighted by atomic mass is 9.94. The summed E-state index contributed by atoms with van der Waals surface area (Å²) in [4.78, 5) is 10.1. The van der Waals surface area contributed by atoms with Gasteiger partial charge in [0.15, 0.2) is 5.82 Å². The fraction of sp³-hybridized carbons (Fsp3) is 0.0213. The Kier molecular flexibility index (Phi) is 7.93. The van der Waals surface area contributed by atoms with Crippen LogP contribution in [0.25, 0.3) is 83.6 Å². The molecule has 0 saturated carbocycles. The number of hydrogen-bond acceptors (Lipinski definition) is 2. The Labute approximate surface area is 304 Å². The molecule has 0 aliphatic heterocycles. The van der Waals surface area contributed by atoms with Crippen molar-refractivity contribution in [1.29, 1.82) is 0 Å². The van der Waals surface area contributed by atoms with E-state index in [4.69, 9.17) is 9.97 Å². The van der Waals surface area contributed by atoms with Gasteiger partial charge in [0.05, 0.1) is 28.0 Å². The number of benzene rings is 7. The number of nitrogens with zero attached hydrogens (tertiary/aromatic N) is 3. The molecule has 0 aliphatic rings. The van der Waals surface area contributed by atoms with Crippen LogP contribution in [0.5, 0.6) is 0 Å². The summed E-state index contributed by atoms with van der Waals surface area (Å²) in [6.45, 7) is 0. The molecular weight excluding hydrogens is 664 g/mol. The third-order valence-corrected chi connectivity index (χ3v) is 9.62. The average molecular weight is 694 g/mol. The van der Waals surface area contributed by atoms with Gasteiger partial charge < -0.3 is 4.57 Å². The molecule has 254 valence electrons. The van der Waals surface area contributed by atoms with Crippen molar-refractivity contribution < 1.29 is 13.2 Å². The van der Waals surface area contributed by atoms with Crippen LogP contribution in [-0.4, -0.2) is 14.5 Å². The van der Waals surface area contributed by atoms with Crippen molar-refractivity contribution in [2.75, 3.05) is 0 Å². The van der Waals surface area contributed by atoms with Crippen LogP contribution in [0.1, 0.15) is 5.56 Å². The van der Waals surface area contributed by atoms with Crippen LogP contribution in [0.3, 0.4) is 0 Å². The second kappa shape index (κ2) is 13.1. The van der Waals surface area contributed by atoms with E-state index in [9.17, 15) is 13.2 Å². The molecule has 0 aliphatic carbocycles. The first kappa shape index (κ1) is 32.1. The average Bonchev–Trinajstić information content (AvgIpc) is 3.55. The SMILES string of the molecule is FC(F)(F)c1ccc2c(c1)c1ccccc1n2-c1ccc(-c2cc(-c3ccccc3)cc(-c3cc(-c4ccccc4)nc(-c4ccccc4)n3)c2)cc1. The number of para-hydroxylation sites is 1. The number of fused-ring (bicyclic) bond motifs is 3. The molecule has 0 unspecified atom stereocenters. The number of aromatic nitrogens is 3. The maximum atomic E-state index is 13.7. The van der Waals surface area contributed by atoms with Gasteiger partial charge in [-0.05, 0) is 82.9 Å². The lowest BCUT2D eigenvalue weighted by molar-refractivity contribution is -0.137. The molecular formula is C47H30F3N3. The van der Waals surface area contributed by atoms with E-state index in [2.05, 4.69) is 54.6 Å². The minimum atomic E-state index is -4.43. The highest BCUT2D eigenvalue weighted by atomic mass is 19.4. The van der Waals surface area contributed by atoms with Crippen molar-refractivity contribution in [3.63, 3.8) is 0 Å². The lowest BCUT2D eigenvalue weighted by Gasteiger charge is -2.14. The van der Waals surface area contributed by atoms with Crippen LogP contribution in [-0.2, 0) is 6.18 Å². The molecule has 0 bridgehead atoms. The molecule has 0 radical (unpaired) electrons. The third kappa shape index (κ3) is 6.14. The Morgan fingerprint density at radius 2 is 0.887 bits per heavy atom. The molecule has 0 atom stereocenters. The second-order valence-electron chi connectivity index (χ2n) is 13.0. The summed E-state index contributed by atoms with van der Waals surface area (Å²) >= 11 is 0. The minimum Gasteiger partial charge on any atom is -0.309 e. The summed E-state index contributed by atoms with van der Waals surface area (Å²) in [5, 5.41) is 1.33. The van der Waals surface area contributed by atoms with E-state index in [1.165, 1.54) is 6.07 Å². The second-order valence-corrected chi connectivity index (χ2v) is 13.0. The Hall–Kier alpha value is -6.79. The number of halogens is 3. The fourth-order valence-electron chi connectivity index (χ4n) is 7.04. The van der Waals surface area contributed by atoms with Crippen molar-refractivity contribution in [2.45, 2.75) is 6.18 Å². The Morgan fingerprint density at radius 1 is 0.377 bits per heavy atom. The highest BCUT2D eigenvalue weighted by molar-refractivity contribution is 6.09. The molecule has 7 aromatic carbocycles. The number of rotatable bonds is 6. The molecule has 0 saturated heterocycles. The van der Waals surface area contributed by atoms with Gasteiger partial charge in [0.25, 0.3) is 0 Å². The van der Waals surface area contributed by atoms with Gasteiger partial charge in [-0.1, -0.05) is 121 Å². The van der Waals surface area contributed by atoms with Crippen LogP contribution in [0.15, 0.2) is 182 Å². The Bertz CT molecular complexity index is 2680. The third-order valence-electron chi connectivity index (χ3n) is 9.62. The van der Waals surface area contributed by atoms with Crippen LogP contribution in [0.4, 0.5) is 13.2 Å². The molecule has 53 heavy (non-hydrogen) atoms. The van der Waals surface area contributed by atoms with Gasteiger partial charge >= 0.3 is 6.18 Å². The largest absolute Gasteiger partial charge is 0.416 e. The highest BCUT2D eigenvalue weighted by Gasteiger charge is 2.31. The van der Waals surface area contributed by atoms with E-state index in [0.29, 0.717) is 16.7 Å². The fourth-order valence-corrected chi connectivity index (χ4v) is 7.04. The van der Waals surface area contributed by atoms with E-state index in [1.54, 1.807) is 6.07 Å². The smallest absolute Gasteiger partial charge is 0.309 e. The van der Waals surface area contributed by atoms with Crippen molar-refractivity contribution in [2.24, 2.45) is 0 Å². The summed E-state index contributed by atoms with van der Waals surface area (Å²) < 4.78 is 43.1. The topological polar surface area (TPSA) is 30.7 Å². The summed E-state index contributed by atoms with van der Waals surface area (Å²) in [5.41, 5.74) is 10.4. The van der Waals surface area contributed by atoms with Crippen LogP contribution in [0, 0.1) is 0 Å². The molecule has 2 heterocycles. The predicted molar refractivity (Wildman–Crippen MR) is 209 cm³/mol. The zero-order valence-electron chi connectivity index (χ0n) is 28.3. The first-order valence-corrected chi connectivity index (χ1v) is 17.3. The predicted octanol–water partition coefficient (Wildman–Crippen LogP) is 12.9. The first-order chi connectivity index (χ1) is 25.9. The number of hydrogen-bond donors (Lipinski definition) is 0. The molecule has 3 nitrogen and oxygen atoms in total. The standard InChI is InChI=1S/C47H30F3N3/c48-47(49,50)38-22-25-45-41(29-38)40-18-10-11-19-44(40)53(45)39-23-20-32(21-24-39)36-26-35(31-12-4-1-5-13-31)27-37(28-36)43-30-42(33-14-6-2-7-15-33)51-46(52-43)34-16-8-3-9-17-34/h1-30H. The van der Waals surface area contributed by atoms with Crippen molar-refractivity contribution in [1.82, 2.24) is 14.5 Å². The van der Waals surface area contributed by atoms with Crippen LogP contribution >= 0.6 is 0 Å². The first-order valence-electron chi connectivity index (χ1n) is 17.3. The highest BCUT2D eigenvalue weighted by Crippen LogP contribution is 2.39. The van der Waals surface area contributed by atoms with E-state index >= 15 is 0 Å².